The highest BCUT2D eigenvalue weighted by Gasteiger charge is 2.18. The molecule has 0 saturated heterocycles. The van der Waals surface area contributed by atoms with Gasteiger partial charge in [-0.3, -0.25) is 4.79 Å². The van der Waals surface area contributed by atoms with E-state index in [1.165, 1.54) is 11.3 Å². The van der Waals surface area contributed by atoms with Gasteiger partial charge in [0.15, 0.2) is 0 Å². The fraction of sp³-hybridized carbons (Fsp3) is 0.545. The van der Waals surface area contributed by atoms with Crippen LogP contribution in [-0.4, -0.2) is 18.5 Å². The lowest BCUT2D eigenvalue weighted by molar-refractivity contribution is 0.0934. The van der Waals surface area contributed by atoms with Gasteiger partial charge in [-0.2, -0.15) is 0 Å². The van der Waals surface area contributed by atoms with Crippen LogP contribution in [0.4, 0.5) is 0 Å². The molecule has 1 amide bonds. The second kappa shape index (κ2) is 6.59. The summed E-state index contributed by atoms with van der Waals surface area (Å²) < 4.78 is 0.918. The Bertz CT molecular complexity index is 393. The van der Waals surface area contributed by atoms with Gasteiger partial charge in [-0.1, -0.05) is 37.0 Å². The Kier molecular flexibility index (Phi) is 5.73. The quantitative estimate of drug-likeness (QED) is 0.876. The van der Waals surface area contributed by atoms with Gasteiger partial charge in [-0.05, 0) is 18.4 Å². The van der Waals surface area contributed by atoms with Gasteiger partial charge < -0.3 is 11.1 Å². The van der Waals surface area contributed by atoms with Crippen molar-refractivity contribution in [2.45, 2.75) is 26.3 Å². The van der Waals surface area contributed by atoms with Crippen LogP contribution in [0.1, 0.15) is 30.6 Å². The molecule has 0 fully saturated rings. The molecule has 1 atom stereocenters. The summed E-state index contributed by atoms with van der Waals surface area (Å²) in [5.74, 6) is 0.264. The van der Waals surface area contributed by atoms with E-state index in [-0.39, 0.29) is 11.9 Å². The van der Waals surface area contributed by atoms with Gasteiger partial charge in [0.1, 0.15) is 4.34 Å². The fourth-order valence-electron chi connectivity index (χ4n) is 1.54. The maximum Gasteiger partial charge on any atom is 0.253 e. The summed E-state index contributed by atoms with van der Waals surface area (Å²) in [5.41, 5.74) is 6.04. The van der Waals surface area contributed by atoms with Crippen LogP contribution in [0.25, 0.3) is 0 Å². The van der Waals surface area contributed by atoms with E-state index in [1.807, 2.05) is 0 Å². The molecule has 96 valence electrons. The molecule has 3 N–H and O–H groups in total. The number of carbonyl (C=O) groups excluding carboxylic acids is 1. The van der Waals surface area contributed by atoms with Gasteiger partial charge in [-0.25, -0.2) is 0 Å². The molecule has 0 aliphatic heterocycles. The van der Waals surface area contributed by atoms with E-state index in [2.05, 4.69) is 19.2 Å². The van der Waals surface area contributed by atoms with Crippen molar-refractivity contribution >= 4 is 40.4 Å². The van der Waals surface area contributed by atoms with Crippen molar-refractivity contribution in [2.24, 2.45) is 11.7 Å². The third kappa shape index (κ3) is 4.47. The highest BCUT2D eigenvalue weighted by molar-refractivity contribution is 7.20. The SMILES string of the molecule is CC(C)CC(CN)NC(=O)c1cc(Cl)sc1Cl. The van der Waals surface area contributed by atoms with Crippen LogP contribution in [0.3, 0.4) is 0 Å². The van der Waals surface area contributed by atoms with Gasteiger partial charge in [0, 0.05) is 12.6 Å². The molecule has 0 spiro atoms. The van der Waals surface area contributed by atoms with Crippen LogP contribution < -0.4 is 11.1 Å². The largest absolute Gasteiger partial charge is 0.348 e. The van der Waals surface area contributed by atoms with E-state index in [9.17, 15) is 4.79 Å². The highest BCUT2D eigenvalue weighted by Crippen LogP contribution is 2.31. The van der Waals surface area contributed by atoms with Gasteiger partial charge in [-0.15, -0.1) is 11.3 Å². The smallest absolute Gasteiger partial charge is 0.253 e. The minimum Gasteiger partial charge on any atom is -0.348 e. The zero-order valence-corrected chi connectivity index (χ0v) is 12.1. The maximum atomic E-state index is 11.9. The summed E-state index contributed by atoms with van der Waals surface area (Å²) in [4.78, 5) is 11.9. The Hall–Kier alpha value is -0.290. The molecule has 0 aromatic carbocycles. The molecular formula is C11H16Cl2N2OS. The number of hydrogen-bond acceptors (Lipinski definition) is 3. The van der Waals surface area contributed by atoms with Crippen molar-refractivity contribution < 1.29 is 4.79 Å². The second-order valence-electron chi connectivity index (χ2n) is 4.27. The topological polar surface area (TPSA) is 55.1 Å². The Morgan fingerprint density at radius 1 is 1.53 bits per heavy atom. The first kappa shape index (κ1) is 14.8. The molecule has 17 heavy (non-hydrogen) atoms. The number of hydrogen-bond donors (Lipinski definition) is 2. The first-order valence-corrected chi connectivity index (χ1v) is 6.97. The van der Waals surface area contributed by atoms with E-state index in [0.717, 1.165) is 6.42 Å². The molecule has 0 bridgehead atoms. The lowest BCUT2D eigenvalue weighted by atomic mass is 10.0. The van der Waals surface area contributed by atoms with Crippen LogP contribution in [0.2, 0.25) is 8.67 Å². The maximum absolute atomic E-state index is 11.9. The zero-order chi connectivity index (χ0) is 13.0. The van der Waals surface area contributed by atoms with E-state index < -0.39 is 0 Å². The number of halogens is 2. The van der Waals surface area contributed by atoms with Crippen molar-refractivity contribution in [2.75, 3.05) is 6.54 Å². The third-order valence-corrected chi connectivity index (χ3v) is 3.76. The van der Waals surface area contributed by atoms with Gasteiger partial charge in [0.05, 0.1) is 9.90 Å². The van der Waals surface area contributed by atoms with Gasteiger partial charge >= 0.3 is 0 Å². The van der Waals surface area contributed by atoms with Crippen molar-refractivity contribution in [3.05, 3.63) is 20.3 Å². The molecule has 1 unspecified atom stereocenters. The van der Waals surface area contributed by atoms with Crippen LogP contribution in [0.5, 0.6) is 0 Å². The molecule has 0 aliphatic rings. The molecule has 1 rings (SSSR count). The average Bonchev–Trinajstić information content (AvgIpc) is 2.56. The molecule has 1 aromatic rings. The second-order valence-corrected chi connectivity index (χ2v) is 6.56. The van der Waals surface area contributed by atoms with E-state index in [1.54, 1.807) is 6.07 Å². The van der Waals surface area contributed by atoms with E-state index in [0.29, 0.717) is 26.7 Å². The summed E-state index contributed by atoms with van der Waals surface area (Å²) in [6.07, 6.45) is 0.845. The fourth-order valence-corrected chi connectivity index (χ4v) is 3.00. The minimum atomic E-state index is -0.214. The number of carbonyl (C=O) groups is 1. The van der Waals surface area contributed by atoms with E-state index >= 15 is 0 Å². The van der Waals surface area contributed by atoms with Crippen molar-refractivity contribution in [3.63, 3.8) is 0 Å². The number of nitrogens with two attached hydrogens (primary N) is 1. The van der Waals surface area contributed by atoms with Crippen LogP contribution in [-0.2, 0) is 0 Å². The van der Waals surface area contributed by atoms with Crippen molar-refractivity contribution in [3.8, 4) is 0 Å². The number of nitrogens with one attached hydrogen (secondary N) is 1. The lowest BCUT2D eigenvalue weighted by Crippen LogP contribution is -2.41. The summed E-state index contributed by atoms with van der Waals surface area (Å²) in [5, 5.41) is 2.87. The summed E-state index contributed by atoms with van der Waals surface area (Å²) >= 11 is 12.9. The zero-order valence-electron chi connectivity index (χ0n) is 9.80. The standard InChI is InChI=1S/C11H16Cl2N2OS/c1-6(2)3-7(5-14)15-11(16)8-4-9(12)17-10(8)13/h4,6-7H,3,5,14H2,1-2H3,(H,15,16). The summed E-state index contributed by atoms with van der Waals surface area (Å²) in [6.45, 7) is 4.59. The highest BCUT2D eigenvalue weighted by atomic mass is 35.5. The molecule has 0 saturated carbocycles. The molecule has 3 nitrogen and oxygen atoms in total. The van der Waals surface area contributed by atoms with Crippen LogP contribution in [0.15, 0.2) is 6.07 Å². The number of rotatable bonds is 5. The summed E-state index contributed by atoms with van der Waals surface area (Å²) in [6, 6.07) is 1.55. The van der Waals surface area contributed by atoms with Gasteiger partial charge in [0.25, 0.3) is 5.91 Å². The molecular weight excluding hydrogens is 279 g/mol. The molecule has 1 aromatic heterocycles. The predicted molar refractivity (Wildman–Crippen MR) is 74.1 cm³/mol. The monoisotopic (exact) mass is 294 g/mol. The summed E-state index contributed by atoms with van der Waals surface area (Å²) in [7, 11) is 0. The molecule has 0 radical (unpaired) electrons. The predicted octanol–water partition coefficient (Wildman–Crippen LogP) is 3.16. The normalized spacial score (nSPS) is 12.8. The Morgan fingerprint density at radius 2 is 2.18 bits per heavy atom. The van der Waals surface area contributed by atoms with Gasteiger partial charge in [0.2, 0.25) is 0 Å². The molecule has 0 aliphatic carbocycles. The molecule has 1 heterocycles. The Balaban J connectivity index is 2.67. The van der Waals surface area contributed by atoms with Crippen LogP contribution >= 0.6 is 34.5 Å². The Labute approximate surface area is 115 Å². The first-order valence-electron chi connectivity index (χ1n) is 5.39. The average molecular weight is 295 g/mol. The van der Waals surface area contributed by atoms with Crippen molar-refractivity contribution in [1.82, 2.24) is 5.32 Å². The number of amides is 1. The Morgan fingerprint density at radius 3 is 2.59 bits per heavy atom. The lowest BCUT2D eigenvalue weighted by Gasteiger charge is -2.18. The number of thiophene rings is 1. The van der Waals surface area contributed by atoms with Crippen LogP contribution in [0, 0.1) is 5.92 Å². The van der Waals surface area contributed by atoms with E-state index in [4.69, 9.17) is 28.9 Å². The first-order chi connectivity index (χ1) is 7.93. The third-order valence-electron chi connectivity index (χ3n) is 2.28. The minimum absolute atomic E-state index is 0.0303. The van der Waals surface area contributed by atoms with Crippen molar-refractivity contribution in [1.29, 1.82) is 0 Å². The molecule has 6 heteroatoms.